The second-order valence-corrected chi connectivity index (χ2v) is 7.07. The zero-order valence-electron chi connectivity index (χ0n) is 14.3. The zero-order valence-corrected chi connectivity index (χ0v) is 14.3. The Kier molecular flexibility index (Phi) is 2.84. The molecule has 0 radical (unpaired) electrons. The van der Waals surface area contributed by atoms with E-state index in [2.05, 4.69) is 80.6 Å². The molecule has 5 aromatic carbocycles. The summed E-state index contributed by atoms with van der Waals surface area (Å²) in [5.41, 5.74) is 2.48. The van der Waals surface area contributed by atoms with Crippen LogP contribution in [0.1, 0.15) is 11.1 Å². The summed E-state index contributed by atoms with van der Waals surface area (Å²) >= 11 is 0. The summed E-state index contributed by atoms with van der Waals surface area (Å²) in [4.78, 5) is 0. The summed E-state index contributed by atoms with van der Waals surface area (Å²) in [5, 5.41) is 19.7. The molecule has 0 aliphatic carbocycles. The lowest BCUT2D eigenvalue weighted by molar-refractivity contribution is 0.488. The Bertz CT molecular complexity index is 1310. The van der Waals surface area contributed by atoms with Gasteiger partial charge in [-0.25, -0.2) is 0 Å². The van der Waals surface area contributed by atoms with Crippen molar-refractivity contribution in [1.29, 1.82) is 0 Å². The molecule has 5 aromatic rings. The lowest BCUT2D eigenvalue weighted by Crippen LogP contribution is -1.83. The lowest BCUT2D eigenvalue weighted by Gasteiger charge is -2.10. The van der Waals surface area contributed by atoms with E-state index in [9.17, 15) is 5.11 Å². The van der Waals surface area contributed by atoms with Crippen LogP contribution in [0.15, 0.2) is 66.7 Å². The average molecular weight is 322 g/mol. The second kappa shape index (κ2) is 4.97. The van der Waals surface area contributed by atoms with Gasteiger partial charge in [0, 0.05) is 10.8 Å². The Morgan fingerprint density at radius 3 is 1.56 bits per heavy atom. The van der Waals surface area contributed by atoms with E-state index in [4.69, 9.17) is 0 Å². The number of fused-ring (bicyclic) bond motifs is 4. The van der Waals surface area contributed by atoms with Crippen LogP contribution in [-0.2, 0) is 0 Å². The van der Waals surface area contributed by atoms with Crippen LogP contribution in [0.3, 0.4) is 0 Å². The molecule has 0 unspecified atom stereocenters. The van der Waals surface area contributed by atoms with Crippen molar-refractivity contribution in [2.45, 2.75) is 13.8 Å². The molecule has 1 nitrogen and oxygen atoms in total. The summed E-state index contributed by atoms with van der Waals surface area (Å²) in [6.07, 6.45) is 0. The molecule has 0 heterocycles. The van der Waals surface area contributed by atoms with Gasteiger partial charge in [-0.2, -0.15) is 0 Å². The van der Waals surface area contributed by atoms with Gasteiger partial charge in [-0.3, -0.25) is 0 Å². The maximum Gasteiger partial charge on any atom is 0.131 e. The number of phenols is 1. The Morgan fingerprint density at radius 1 is 0.480 bits per heavy atom. The molecule has 0 bridgehead atoms. The first kappa shape index (κ1) is 14.3. The fraction of sp³-hybridized carbons (Fsp3) is 0.0833. The fourth-order valence-electron chi connectivity index (χ4n) is 3.83. The first-order chi connectivity index (χ1) is 12.1. The van der Waals surface area contributed by atoms with Gasteiger partial charge < -0.3 is 5.11 Å². The largest absolute Gasteiger partial charge is 0.507 e. The molecule has 25 heavy (non-hydrogen) atoms. The van der Waals surface area contributed by atoms with Gasteiger partial charge in [-0.05, 0) is 76.5 Å². The van der Waals surface area contributed by atoms with Crippen LogP contribution in [0.25, 0.3) is 43.1 Å². The number of hydrogen-bond acceptors (Lipinski definition) is 1. The quantitative estimate of drug-likeness (QED) is 0.318. The molecule has 1 N–H and O–H groups in total. The van der Waals surface area contributed by atoms with E-state index in [0.29, 0.717) is 5.75 Å². The molecule has 0 saturated heterocycles. The number of hydrogen-bond donors (Lipinski definition) is 1. The number of aryl methyl sites for hydroxylation is 2. The van der Waals surface area contributed by atoms with E-state index in [1.807, 2.05) is 0 Å². The van der Waals surface area contributed by atoms with Gasteiger partial charge in [0.2, 0.25) is 0 Å². The number of phenolic OH excluding ortho intramolecular Hbond substituents is 1. The fourth-order valence-corrected chi connectivity index (χ4v) is 3.83. The van der Waals surface area contributed by atoms with Crippen molar-refractivity contribution in [3.63, 3.8) is 0 Å². The number of aromatic hydroxyl groups is 1. The summed E-state index contributed by atoms with van der Waals surface area (Å²) in [6, 6.07) is 23.6. The van der Waals surface area contributed by atoms with E-state index >= 15 is 0 Å². The van der Waals surface area contributed by atoms with Crippen molar-refractivity contribution in [3.05, 3.63) is 77.9 Å². The van der Waals surface area contributed by atoms with Crippen LogP contribution in [0.5, 0.6) is 5.75 Å². The maximum atomic E-state index is 11.0. The minimum atomic E-state index is 0.374. The Labute approximate surface area is 146 Å². The molecular weight excluding hydrogens is 304 g/mol. The molecule has 0 spiro atoms. The first-order valence-corrected chi connectivity index (χ1v) is 8.59. The lowest BCUT2D eigenvalue weighted by atomic mass is 9.95. The first-order valence-electron chi connectivity index (χ1n) is 8.59. The van der Waals surface area contributed by atoms with Gasteiger partial charge in [0.05, 0.1) is 0 Å². The summed E-state index contributed by atoms with van der Waals surface area (Å²) < 4.78 is 0. The van der Waals surface area contributed by atoms with Crippen LogP contribution in [-0.4, -0.2) is 5.11 Å². The topological polar surface area (TPSA) is 20.2 Å². The molecule has 5 rings (SSSR count). The Hall–Kier alpha value is -3.06. The van der Waals surface area contributed by atoms with Crippen molar-refractivity contribution in [2.24, 2.45) is 0 Å². The van der Waals surface area contributed by atoms with Crippen molar-refractivity contribution in [1.82, 2.24) is 0 Å². The van der Waals surface area contributed by atoms with Gasteiger partial charge in [-0.1, -0.05) is 47.5 Å². The van der Waals surface area contributed by atoms with E-state index < -0.39 is 0 Å². The predicted octanol–water partition coefficient (Wildman–Crippen LogP) is 6.62. The third-order valence-corrected chi connectivity index (χ3v) is 5.15. The molecule has 0 fully saturated rings. The molecular formula is C24H18O. The molecule has 1 heteroatoms. The second-order valence-electron chi connectivity index (χ2n) is 7.07. The molecule has 0 saturated carbocycles. The van der Waals surface area contributed by atoms with Crippen molar-refractivity contribution in [2.75, 3.05) is 0 Å². The van der Waals surface area contributed by atoms with Crippen LogP contribution in [0, 0.1) is 13.8 Å². The minimum absolute atomic E-state index is 0.374. The highest BCUT2D eigenvalue weighted by Crippen LogP contribution is 2.38. The average Bonchev–Trinajstić information content (AvgIpc) is 2.59. The van der Waals surface area contributed by atoms with E-state index in [1.54, 1.807) is 0 Å². The van der Waals surface area contributed by atoms with E-state index in [-0.39, 0.29) is 0 Å². The molecule has 0 amide bonds. The van der Waals surface area contributed by atoms with Crippen LogP contribution < -0.4 is 0 Å². The van der Waals surface area contributed by atoms with Crippen LogP contribution in [0.4, 0.5) is 0 Å². The predicted molar refractivity (Wildman–Crippen MR) is 108 cm³/mol. The van der Waals surface area contributed by atoms with Gasteiger partial charge in [-0.15, -0.1) is 0 Å². The number of rotatable bonds is 0. The number of benzene rings is 5. The maximum absolute atomic E-state index is 11.0. The summed E-state index contributed by atoms with van der Waals surface area (Å²) in [7, 11) is 0. The highest BCUT2D eigenvalue weighted by molar-refractivity contribution is 6.12. The van der Waals surface area contributed by atoms with Crippen molar-refractivity contribution >= 4 is 43.1 Å². The normalized spacial score (nSPS) is 11.8. The molecule has 0 atom stereocenters. The van der Waals surface area contributed by atoms with Gasteiger partial charge in [0.15, 0.2) is 0 Å². The van der Waals surface area contributed by atoms with Crippen molar-refractivity contribution in [3.8, 4) is 5.75 Å². The SMILES string of the molecule is Cc1ccc2cc3c(O)c4cc5cc(C)ccc5cc4cc3cc2c1. The minimum Gasteiger partial charge on any atom is -0.507 e. The summed E-state index contributed by atoms with van der Waals surface area (Å²) in [5.74, 6) is 0.374. The molecule has 0 aromatic heterocycles. The summed E-state index contributed by atoms with van der Waals surface area (Å²) in [6.45, 7) is 4.20. The Balaban J connectivity index is 1.94. The third-order valence-electron chi connectivity index (χ3n) is 5.15. The molecule has 120 valence electrons. The monoisotopic (exact) mass is 322 g/mol. The Morgan fingerprint density at radius 2 is 0.920 bits per heavy atom. The van der Waals surface area contributed by atoms with Gasteiger partial charge in [0.25, 0.3) is 0 Å². The molecule has 0 aliphatic heterocycles. The zero-order chi connectivity index (χ0) is 17.1. The smallest absolute Gasteiger partial charge is 0.131 e. The van der Waals surface area contributed by atoms with Gasteiger partial charge in [0.1, 0.15) is 5.75 Å². The third kappa shape index (κ3) is 2.16. The standard InChI is InChI=1S/C24H18O/c1-14-4-6-17-12-22-21(10-18(17)7-14)11-20-9-16-5-3-15(2)8-19(16)13-23(20)24(22)25/h3-13,25H,1-2H3. The molecule has 0 aliphatic rings. The highest BCUT2D eigenvalue weighted by Gasteiger charge is 2.09. The van der Waals surface area contributed by atoms with Crippen LogP contribution in [0.2, 0.25) is 0 Å². The van der Waals surface area contributed by atoms with E-state index in [0.717, 1.165) is 26.9 Å². The van der Waals surface area contributed by atoms with Crippen LogP contribution >= 0.6 is 0 Å². The van der Waals surface area contributed by atoms with Gasteiger partial charge >= 0.3 is 0 Å². The van der Waals surface area contributed by atoms with E-state index in [1.165, 1.54) is 27.3 Å². The van der Waals surface area contributed by atoms with Crippen molar-refractivity contribution < 1.29 is 5.11 Å². The highest BCUT2D eigenvalue weighted by atomic mass is 16.3.